The summed E-state index contributed by atoms with van der Waals surface area (Å²) in [5.74, 6) is 1.37. The van der Waals surface area contributed by atoms with Crippen molar-refractivity contribution in [2.45, 2.75) is 31.2 Å². The molecule has 1 aromatic carbocycles. The average molecular weight is 273 g/mol. The van der Waals surface area contributed by atoms with Gasteiger partial charge in [0.1, 0.15) is 5.54 Å². The molecule has 0 bridgehead atoms. The van der Waals surface area contributed by atoms with Gasteiger partial charge < -0.3 is 15.0 Å². The molecule has 1 fully saturated rings. The lowest BCUT2D eigenvalue weighted by Gasteiger charge is -2.20. The smallest absolute Gasteiger partial charge is 0.251 e. The van der Waals surface area contributed by atoms with Crippen LogP contribution in [0.25, 0.3) is 0 Å². The zero-order chi connectivity index (χ0) is 14.0. The van der Waals surface area contributed by atoms with Crippen molar-refractivity contribution < 1.29 is 9.26 Å². The van der Waals surface area contributed by atoms with E-state index in [1.165, 1.54) is 0 Å². The second kappa shape index (κ2) is 5.34. The highest BCUT2D eigenvalue weighted by atomic mass is 16.5. The summed E-state index contributed by atoms with van der Waals surface area (Å²) in [7, 11) is 0. The van der Waals surface area contributed by atoms with Crippen LogP contribution in [-0.4, -0.2) is 23.4 Å². The largest absolute Gasteiger partial charge is 0.381 e. The first-order chi connectivity index (χ1) is 9.68. The van der Waals surface area contributed by atoms with Crippen molar-refractivity contribution in [2.75, 3.05) is 13.2 Å². The first kappa shape index (κ1) is 13.3. The number of rotatable bonds is 3. The van der Waals surface area contributed by atoms with Gasteiger partial charge in [-0.15, -0.1) is 0 Å². The standard InChI is InChI=1S/C15H19N3O2/c1-15(16,12-7-3-2-4-8-12)14-17-13(18-20-14)11-6-5-9-19-10-11/h2-4,7-8,11H,5-6,9-10,16H2,1H3. The van der Waals surface area contributed by atoms with Crippen molar-refractivity contribution in [1.29, 1.82) is 0 Å². The number of hydrogen-bond acceptors (Lipinski definition) is 5. The Morgan fingerprint density at radius 3 is 2.80 bits per heavy atom. The quantitative estimate of drug-likeness (QED) is 0.927. The van der Waals surface area contributed by atoms with Gasteiger partial charge >= 0.3 is 0 Å². The van der Waals surface area contributed by atoms with Crippen LogP contribution in [0.15, 0.2) is 34.9 Å². The second-order valence-corrected chi connectivity index (χ2v) is 5.44. The summed E-state index contributed by atoms with van der Waals surface area (Å²) in [6.07, 6.45) is 2.07. The summed E-state index contributed by atoms with van der Waals surface area (Å²) >= 11 is 0. The third kappa shape index (κ3) is 2.46. The van der Waals surface area contributed by atoms with Gasteiger partial charge in [0.25, 0.3) is 5.89 Å². The molecule has 2 aromatic rings. The van der Waals surface area contributed by atoms with Crippen molar-refractivity contribution in [3.8, 4) is 0 Å². The van der Waals surface area contributed by atoms with E-state index in [0.29, 0.717) is 18.3 Å². The van der Waals surface area contributed by atoms with Crippen molar-refractivity contribution in [3.63, 3.8) is 0 Å². The van der Waals surface area contributed by atoms with Crippen LogP contribution in [0.1, 0.15) is 43.0 Å². The number of nitrogens with zero attached hydrogens (tertiary/aromatic N) is 2. The van der Waals surface area contributed by atoms with Crippen LogP contribution in [0.5, 0.6) is 0 Å². The van der Waals surface area contributed by atoms with Gasteiger partial charge in [-0.25, -0.2) is 0 Å². The van der Waals surface area contributed by atoms with E-state index < -0.39 is 5.54 Å². The van der Waals surface area contributed by atoms with Gasteiger partial charge in [-0.05, 0) is 25.3 Å². The Hall–Kier alpha value is -1.72. The highest BCUT2D eigenvalue weighted by Crippen LogP contribution is 2.28. The molecule has 5 nitrogen and oxygen atoms in total. The number of ether oxygens (including phenoxy) is 1. The van der Waals surface area contributed by atoms with Gasteiger partial charge in [0, 0.05) is 12.5 Å². The fourth-order valence-electron chi connectivity index (χ4n) is 2.46. The maximum atomic E-state index is 6.37. The molecule has 2 atom stereocenters. The summed E-state index contributed by atoms with van der Waals surface area (Å²) in [5, 5.41) is 4.09. The molecular weight excluding hydrogens is 254 g/mol. The molecule has 0 amide bonds. The predicted octanol–water partition coefficient (Wildman–Crippen LogP) is 2.19. The van der Waals surface area contributed by atoms with Gasteiger partial charge in [-0.2, -0.15) is 4.98 Å². The normalized spacial score (nSPS) is 22.4. The van der Waals surface area contributed by atoms with Crippen molar-refractivity contribution in [3.05, 3.63) is 47.6 Å². The molecule has 20 heavy (non-hydrogen) atoms. The second-order valence-electron chi connectivity index (χ2n) is 5.44. The summed E-state index contributed by atoms with van der Waals surface area (Å²) in [5.41, 5.74) is 6.55. The average Bonchev–Trinajstić information content (AvgIpc) is 3.00. The van der Waals surface area contributed by atoms with E-state index in [1.54, 1.807) is 0 Å². The van der Waals surface area contributed by atoms with Crippen LogP contribution < -0.4 is 5.73 Å². The molecule has 0 aliphatic carbocycles. The Bertz CT molecular complexity index is 560. The Balaban J connectivity index is 1.85. The van der Waals surface area contributed by atoms with Crippen LogP contribution >= 0.6 is 0 Å². The van der Waals surface area contributed by atoms with E-state index in [0.717, 1.165) is 25.0 Å². The van der Waals surface area contributed by atoms with E-state index in [2.05, 4.69) is 10.1 Å². The zero-order valence-corrected chi connectivity index (χ0v) is 11.6. The first-order valence-corrected chi connectivity index (χ1v) is 6.94. The SMILES string of the molecule is CC(N)(c1ccccc1)c1nc(C2CCCOC2)no1. The van der Waals surface area contributed by atoms with E-state index in [1.807, 2.05) is 37.3 Å². The van der Waals surface area contributed by atoms with E-state index in [4.69, 9.17) is 15.0 Å². The van der Waals surface area contributed by atoms with Crippen LogP contribution in [0.3, 0.4) is 0 Å². The molecule has 0 spiro atoms. The Labute approximate surface area is 118 Å². The monoisotopic (exact) mass is 273 g/mol. The number of aromatic nitrogens is 2. The van der Waals surface area contributed by atoms with Crippen LogP contribution in [-0.2, 0) is 10.3 Å². The molecule has 0 radical (unpaired) electrons. The molecule has 106 valence electrons. The lowest BCUT2D eigenvalue weighted by molar-refractivity contribution is 0.0773. The maximum Gasteiger partial charge on any atom is 0.251 e. The fraction of sp³-hybridized carbons (Fsp3) is 0.467. The molecule has 2 N–H and O–H groups in total. The molecule has 2 heterocycles. The van der Waals surface area contributed by atoms with Crippen LogP contribution in [0, 0.1) is 0 Å². The van der Waals surface area contributed by atoms with Crippen molar-refractivity contribution >= 4 is 0 Å². The molecule has 3 rings (SSSR count). The Kier molecular flexibility index (Phi) is 3.54. The summed E-state index contributed by atoms with van der Waals surface area (Å²) in [4.78, 5) is 4.50. The van der Waals surface area contributed by atoms with Crippen molar-refractivity contribution in [1.82, 2.24) is 10.1 Å². The minimum absolute atomic E-state index is 0.216. The number of nitrogens with two attached hydrogens (primary N) is 1. The highest BCUT2D eigenvalue weighted by Gasteiger charge is 2.32. The molecule has 0 saturated carbocycles. The molecule has 1 aliphatic heterocycles. The van der Waals surface area contributed by atoms with Crippen LogP contribution in [0.2, 0.25) is 0 Å². The molecule has 5 heteroatoms. The van der Waals surface area contributed by atoms with Crippen LogP contribution in [0.4, 0.5) is 0 Å². The van der Waals surface area contributed by atoms with Gasteiger partial charge in [-0.3, -0.25) is 0 Å². The molecule has 2 unspecified atom stereocenters. The minimum atomic E-state index is -0.776. The van der Waals surface area contributed by atoms with E-state index >= 15 is 0 Å². The lowest BCUT2D eigenvalue weighted by Crippen LogP contribution is -2.34. The Morgan fingerprint density at radius 1 is 1.30 bits per heavy atom. The molecule has 1 aromatic heterocycles. The summed E-state index contributed by atoms with van der Waals surface area (Å²) < 4.78 is 10.9. The third-order valence-electron chi connectivity index (χ3n) is 3.78. The molecule has 1 saturated heterocycles. The Morgan fingerprint density at radius 2 is 2.10 bits per heavy atom. The van der Waals surface area contributed by atoms with Gasteiger partial charge in [-0.1, -0.05) is 35.5 Å². The molecule has 1 aliphatic rings. The summed E-state index contributed by atoms with van der Waals surface area (Å²) in [6.45, 7) is 3.36. The highest BCUT2D eigenvalue weighted by molar-refractivity contribution is 5.29. The van der Waals surface area contributed by atoms with Gasteiger partial charge in [0.2, 0.25) is 0 Å². The van der Waals surface area contributed by atoms with E-state index in [-0.39, 0.29) is 5.92 Å². The topological polar surface area (TPSA) is 74.2 Å². The number of benzene rings is 1. The minimum Gasteiger partial charge on any atom is -0.381 e. The summed E-state index contributed by atoms with van der Waals surface area (Å²) in [6, 6.07) is 9.79. The lowest BCUT2D eigenvalue weighted by atomic mass is 9.93. The first-order valence-electron chi connectivity index (χ1n) is 6.94. The fourth-order valence-corrected chi connectivity index (χ4v) is 2.46. The van der Waals surface area contributed by atoms with Gasteiger partial charge in [0.05, 0.1) is 6.61 Å². The molecular formula is C15H19N3O2. The third-order valence-corrected chi connectivity index (χ3v) is 3.78. The van der Waals surface area contributed by atoms with Gasteiger partial charge in [0.15, 0.2) is 5.82 Å². The predicted molar refractivity (Wildman–Crippen MR) is 74.2 cm³/mol. The van der Waals surface area contributed by atoms with Crippen molar-refractivity contribution in [2.24, 2.45) is 5.73 Å². The van der Waals surface area contributed by atoms with E-state index in [9.17, 15) is 0 Å². The zero-order valence-electron chi connectivity index (χ0n) is 11.6. The maximum absolute atomic E-state index is 6.37. The number of hydrogen-bond donors (Lipinski definition) is 1.